The van der Waals surface area contributed by atoms with Crippen LogP contribution in [0.15, 0.2) is 35.1 Å². The molecule has 2 aromatic rings. The molecular formula is C15H19N3O. The van der Waals surface area contributed by atoms with Gasteiger partial charge in [0.25, 0.3) is 5.56 Å². The highest BCUT2D eigenvalue weighted by Crippen LogP contribution is 2.22. The average Bonchev–Trinajstić information content (AvgIpc) is 2.42. The van der Waals surface area contributed by atoms with E-state index in [1.165, 1.54) is 0 Å². The van der Waals surface area contributed by atoms with Crippen molar-refractivity contribution in [2.45, 2.75) is 32.7 Å². The Morgan fingerprint density at radius 1 is 1.32 bits per heavy atom. The Hall–Kier alpha value is -1.94. The largest absolute Gasteiger partial charge is 0.319 e. The maximum Gasteiger partial charge on any atom is 0.254 e. The van der Waals surface area contributed by atoms with Crippen molar-refractivity contribution in [2.75, 3.05) is 0 Å². The van der Waals surface area contributed by atoms with E-state index >= 15 is 0 Å². The van der Waals surface area contributed by atoms with Gasteiger partial charge in [-0.25, -0.2) is 4.98 Å². The first-order valence-corrected chi connectivity index (χ1v) is 6.41. The fraction of sp³-hybridized carbons (Fsp3) is 0.333. The first-order valence-electron chi connectivity index (χ1n) is 6.41. The molecule has 1 aromatic carbocycles. The van der Waals surface area contributed by atoms with Crippen molar-refractivity contribution < 1.29 is 0 Å². The van der Waals surface area contributed by atoms with E-state index in [-0.39, 0.29) is 5.56 Å². The zero-order valence-electron chi connectivity index (χ0n) is 11.5. The molecule has 0 fully saturated rings. The Balaban J connectivity index is 2.66. The van der Waals surface area contributed by atoms with Crippen molar-refractivity contribution in [1.82, 2.24) is 9.97 Å². The maximum absolute atomic E-state index is 12.0. The summed E-state index contributed by atoms with van der Waals surface area (Å²) >= 11 is 0. The minimum atomic E-state index is -0.629. The molecule has 4 nitrogen and oxygen atoms in total. The van der Waals surface area contributed by atoms with Crippen LogP contribution in [0.25, 0.3) is 11.3 Å². The molecule has 0 amide bonds. The van der Waals surface area contributed by atoms with Crippen molar-refractivity contribution in [2.24, 2.45) is 5.73 Å². The molecule has 2 rings (SSSR count). The molecule has 19 heavy (non-hydrogen) atoms. The number of hydrogen-bond donors (Lipinski definition) is 2. The van der Waals surface area contributed by atoms with Gasteiger partial charge in [-0.15, -0.1) is 0 Å². The van der Waals surface area contributed by atoms with Gasteiger partial charge < -0.3 is 10.7 Å². The van der Waals surface area contributed by atoms with Gasteiger partial charge in [-0.3, -0.25) is 4.79 Å². The van der Waals surface area contributed by atoms with E-state index < -0.39 is 5.54 Å². The number of H-pyrrole nitrogens is 1. The van der Waals surface area contributed by atoms with E-state index in [1.54, 1.807) is 6.92 Å². The molecule has 0 aliphatic rings. The van der Waals surface area contributed by atoms with Gasteiger partial charge in [0.05, 0.1) is 11.2 Å². The van der Waals surface area contributed by atoms with Gasteiger partial charge in [-0.1, -0.05) is 37.3 Å². The third-order valence-electron chi connectivity index (χ3n) is 3.47. The van der Waals surface area contributed by atoms with Crippen LogP contribution in [0.2, 0.25) is 0 Å². The van der Waals surface area contributed by atoms with Crippen LogP contribution < -0.4 is 11.3 Å². The topological polar surface area (TPSA) is 71.8 Å². The molecule has 3 N–H and O–H groups in total. The summed E-state index contributed by atoms with van der Waals surface area (Å²) in [4.78, 5) is 19.4. The lowest BCUT2D eigenvalue weighted by molar-refractivity contribution is 0.444. The summed E-state index contributed by atoms with van der Waals surface area (Å²) in [6.45, 7) is 5.62. The Labute approximate surface area is 112 Å². The molecular weight excluding hydrogens is 238 g/mol. The Kier molecular flexibility index (Phi) is 3.53. The molecule has 1 atom stereocenters. The first-order chi connectivity index (χ1) is 8.95. The molecule has 0 bridgehead atoms. The number of nitrogens with two attached hydrogens (primary N) is 1. The second-order valence-corrected chi connectivity index (χ2v) is 5.03. The average molecular weight is 257 g/mol. The van der Waals surface area contributed by atoms with Crippen LogP contribution in [0.1, 0.15) is 31.7 Å². The SMILES string of the molecule is CCC(C)(N)c1nc(-c2ccccc2)c(C)c(=O)[nH]1. The van der Waals surface area contributed by atoms with Crippen molar-refractivity contribution in [1.29, 1.82) is 0 Å². The standard InChI is InChI=1S/C15H19N3O/c1-4-15(3,16)14-17-12(10(2)13(19)18-14)11-8-6-5-7-9-11/h5-9H,4,16H2,1-3H3,(H,17,18,19). The molecule has 0 spiro atoms. The third-order valence-corrected chi connectivity index (χ3v) is 3.47. The smallest absolute Gasteiger partial charge is 0.254 e. The van der Waals surface area contributed by atoms with E-state index in [9.17, 15) is 4.79 Å². The summed E-state index contributed by atoms with van der Waals surface area (Å²) in [5.41, 5.74) is 7.65. The Morgan fingerprint density at radius 2 is 1.95 bits per heavy atom. The molecule has 0 saturated heterocycles. The molecule has 1 aromatic heterocycles. The third kappa shape index (κ3) is 2.58. The molecule has 4 heteroatoms. The summed E-state index contributed by atoms with van der Waals surface area (Å²) in [6.07, 6.45) is 0.702. The van der Waals surface area contributed by atoms with Gasteiger partial charge in [0, 0.05) is 11.1 Å². The van der Waals surface area contributed by atoms with Crippen LogP contribution in [0, 0.1) is 6.92 Å². The number of aromatic nitrogens is 2. The summed E-state index contributed by atoms with van der Waals surface area (Å²) < 4.78 is 0. The second-order valence-electron chi connectivity index (χ2n) is 5.03. The quantitative estimate of drug-likeness (QED) is 0.886. The predicted octanol–water partition coefficient (Wildman–Crippen LogP) is 2.33. The minimum Gasteiger partial charge on any atom is -0.319 e. The van der Waals surface area contributed by atoms with Gasteiger partial charge in [0.1, 0.15) is 5.82 Å². The van der Waals surface area contributed by atoms with Gasteiger partial charge in [-0.2, -0.15) is 0 Å². The van der Waals surface area contributed by atoms with E-state index in [2.05, 4.69) is 9.97 Å². The van der Waals surface area contributed by atoms with Crippen LogP contribution in [0.4, 0.5) is 0 Å². The Bertz CT molecular complexity index is 630. The van der Waals surface area contributed by atoms with Crippen molar-refractivity contribution in [3.05, 3.63) is 52.1 Å². The zero-order chi connectivity index (χ0) is 14.0. The lowest BCUT2D eigenvalue weighted by Gasteiger charge is -2.22. The number of benzene rings is 1. The highest BCUT2D eigenvalue weighted by Gasteiger charge is 2.23. The predicted molar refractivity (Wildman–Crippen MR) is 76.9 cm³/mol. The minimum absolute atomic E-state index is 0.131. The number of nitrogens with one attached hydrogen (secondary N) is 1. The fourth-order valence-electron chi connectivity index (χ4n) is 1.85. The number of nitrogens with zero attached hydrogens (tertiary/aromatic N) is 1. The number of aromatic amines is 1. The molecule has 1 heterocycles. The van der Waals surface area contributed by atoms with E-state index in [4.69, 9.17) is 5.73 Å². The molecule has 100 valence electrons. The van der Waals surface area contributed by atoms with E-state index in [1.807, 2.05) is 44.2 Å². The maximum atomic E-state index is 12.0. The zero-order valence-corrected chi connectivity index (χ0v) is 11.5. The van der Waals surface area contributed by atoms with Crippen molar-refractivity contribution >= 4 is 0 Å². The van der Waals surface area contributed by atoms with Crippen LogP contribution in [-0.2, 0) is 5.54 Å². The molecule has 1 unspecified atom stereocenters. The molecule has 0 aliphatic heterocycles. The van der Waals surface area contributed by atoms with Crippen LogP contribution in [0.3, 0.4) is 0 Å². The summed E-state index contributed by atoms with van der Waals surface area (Å²) in [6, 6.07) is 9.68. The van der Waals surface area contributed by atoms with Gasteiger partial charge in [0.2, 0.25) is 0 Å². The lowest BCUT2D eigenvalue weighted by atomic mass is 9.98. The summed E-state index contributed by atoms with van der Waals surface area (Å²) in [5.74, 6) is 0.532. The van der Waals surface area contributed by atoms with Crippen LogP contribution >= 0.6 is 0 Å². The lowest BCUT2D eigenvalue weighted by Crippen LogP contribution is -2.36. The van der Waals surface area contributed by atoms with Crippen molar-refractivity contribution in [3.8, 4) is 11.3 Å². The number of rotatable bonds is 3. The highest BCUT2D eigenvalue weighted by atomic mass is 16.1. The monoisotopic (exact) mass is 257 g/mol. The van der Waals surface area contributed by atoms with Gasteiger partial charge >= 0.3 is 0 Å². The second kappa shape index (κ2) is 4.97. The molecule has 0 saturated carbocycles. The van der Waals surface area contributed by atoms with Gasteiger partial charge in [0.15, 0.2) is 0 Å². The number of hydrogen-bond acceptors (Lipinski definition) is 3. The normalized spacial score (nSPS) is 14.1. The Morgan fingerprint density at radius 3 is 2.53 bits per heavy atom. The fourth-order valence-corrected chi connectivity index (χ4v) is 1.85. The van der Waals surface area contributed by atoms with Crippen molar-refractivity contribution in [3.63, 3.8) is 0 Å². The van der Waals surface area contributed by atoms with E-state index in [0.29, 0.717) is 23.5 Å². The summed E-state index contributed by atoms with van der Waals surface area (Å²) in [7, 11) is 0. The highest BCUT2D eigenvalue weighted by molar-refractivity contribution is 5.62. The van der Waals surface area contributed by atoms with Crippen LogP contribution in [-0.4, -0.2) is 9.97 Å². The van der Waals surface area contributed by atoms with Gasteiger partial charge in [-0.05, 0) is 20.3 Å². The van der Waals surface area contributed by atoms with Crippen LogP contribution in [0.5, 0.6) is 0 Å². The molecule has 0 aliphatic carbocycles. The summed E-state index contributed by atoms with van der Waals surface area (Å²) in [5, 5.41) is 0. The molecule has 0 radical (unpaired) electrons. The first kappa shape index (κ1) is 13.5. The van der Waals surface area contributed by atoms with E-state index in [0.717, 1.165) is 5.56 Å².